The largest absolute Gasteiger partial charge is 0.397 e. The highest BCUT2D eigenvalue weighted by molar-refractivity contribution is 7.80. The fraction of sp³-hybridized carbons (Fsp3) is 1.00. The Balaban J connectivity index is 1.20. The summed E-state index contributed by atoms with van der Waals surface area (Å²) in [5, 5.41) is 165. The Morgan fingerprint density at radius 2 is 0.833 bits per heavy atom. The lowest BCUT2D eigenvalue weighted by Gasteiger charge is -2.45. The molecule has 0 saturated carbocycles. The molecule has 0 radical (unpaired) electrons. The summed E-state index contributed by atoms with van der Waals surface area (Å²) in [6.45, 7) is -5.46. The van der Waals surface area contributed by atoms with Crippen molar-refractivity contribution < 1.29 is 141 Å². The van der Waals surface area contributed by atoms with Crippen molar-refractivity contribution >= 4 is 10.4 Å². The predicted molar refractivity (Wildman–Crippen MR) is 177 cm³/mol. The van der Waals surface area contributed by atoms with Crippen LogP contribution < -0.4 is 0 Å². The molecule has 5 aliphatic heterocycles. The summed E-state index contributed by atoms with van der Waals surface area (Å²) in [5.41, 5.74) is 0. The molecular formula is C30H52O29S. The summed E-state index contributed by atoms with van der Waals surface area (Å²) in [6, 6.07) is 0. The van der Waals surface area contributed by atoms with Crippen LogP contribution in [0.4, 0.5) is 0 Å². The zero-order chi connectivity index (χ0) is 44.6. The molecule has 24 atom stereocenters. The molecule has 5 saturated heterocycles. The van der Waals surface area contributed by atoms with E-state index in [1.165, 1.54) is 0 Å². The van der Waals surface area contributed by atoms with Gasteiger partial charge in [-0.3, -0.25) is 4.55 Å². The molecule has 0 aromatic carbocycles. The van der Waals surface area contributed by atoms with Crippen LogP contribution in [0.1, 0.15) is 0 Å². The summed E-state index contributed by atoms with van der Waals surface area (Å²) < 4.78 is 84.9. The molecule has 0 aliphatic carbocycles. The average Bonchev–Trinajstić information content (AvgIpc) is 3.45. The molecule has 5 heterocycles. The van der Waals surface area contributed by atoms with Gasteiger partial charge >= 0.3 is 10.4 Å². The molecule has 5 rings (SSSR count). The van der Waals surface area contributed by atoms with Crippen LogP contribution in [0.3, 0.4) is 0 Å². The van der Waals surface area contributed by atoms with Crippen molar-refractivity contribution in [2.75, 3.05) is 39.6 Å². The van der Waals surface area contributed by atoms with E-state index in [0.717, 1.165) is 0 Å². The maximum absolute atomic E-state index is 11.4. The summed E-state index contributed by atoms with van der Waals surface area (Å²) in [5.74, 6) is -2.50. The molecular weight excluding hydrogens is 856 g/mol. The van der Waals surface area contributed by atoms with E-state index in [1.807, 2.05) is 0 Å². The SMILES string of the molecule is O=S(=O)(O)O[C@H]1[C@@H](OC[C@H]2O[C@H](OC[C@H]3O[C@H](OC[C@H]4O[C@H](O[C@]5(CO)O[C@H](CO)[C@@H](O)[C@@H]5O)[C@H](O)[C@@H](O)[C@@H]4O)[C@H](O)[C@@H](O)[C@H]3O)[C@H](O)[C@@H](O)[C@H]2O)O[C@H](CO)[C@H](O)[C@@H]1O. The van der Waals surface area contributed by atoms with Crippen molar-refractivity contribution in [3.05, 3.63) is 0 Å². The first-order valence-electron chi connectivity index (χ1n) is 18.2. The maximum atomic E-state index is 11.4. The van der Waals surface area contributed by atoms with Crippen molar-refractivity contribution in [1.29, 1.82) is 0 Å². The molecule has 0 spiro atoms. The van der Waals surface area contributed by atoms with E-state index in [9.17, 15) is 90.1 Å². The van der Waals surface area contributed by atoms with Gasteiger partial charge in [0.2, 0.25) is 5.79 Å². The third kappa shape index (κ3) is 10.5. The topological polar surface area (TPSA) is 470 Å². The number of aliphatic hydroxyl groups excluding tert-OH is 16. The number of ether oxygens (including phenoxy) is 9. The smallest absolute Gasteiger partial charge is 0.394 e. The normalized spacial score (nSPS) is 50.5. The van der Waals surface area contributed by atoms with E-state index in [0.29, 0.717) is 0 Å². The van der Waals surface area contributed by atoms with Gasteiger partial charge in [-0.15, -0.1) is 0 Å². The Labute approximate surface area is 338 Å². The first-order chi connectivity index (χ1) is 28.1. The Bertz CT molecular complexity index is 1470. The van der Waals surface area contributed by atoms with Gasteiger partial charge in [0.1, 0.15) is 116 Å². The zero-order valence-electron chi connectivity index (χ0n) is 30.9. The Kier molecular flexibility index (Phi) is 16.9. The molecule has 0 bridgehead atoms. The summed E-state index contributed by atoms with van der Waals surface area (Å²) in [6.07, 6.45) is -43.9. The fourth-order valence-electron chi connectivity index (χ4n) is 7.00. The van der Waals surface area contributed by atoms with Gasteiger partial charge in [0.15, 0.2) is 31.3 Å². The monoisotopic (exact) mass is 908 g/mol. The predicted octanol–water partition coefficient (Wildman–Crippen LogP) is -12.1. The highest BCUT2D eigenvalue weighted by Crippen LogP contribution is 2.37. The van der Waals surface area contributed by atoms with Gasteiger partial charge < -0.3 is 124 Å². The van der Waals surface area contributed by atoms with Crippen LogP contribution in [-0.4, -0.2) is 281 Å². The van der Waals surface area contributed by atoms with Crippen LogP contribution in [-0.2, 0) is 57.2 Å². The second kappa shape index (κ2) is 20.4. The first kappa shape index (κ1) is 49.9. The van der Waals surface area contributed by atoms with Crippen LogP contribution in [0.25, 0.3) is 0 Å². The Morgan fingerprint density at radius 3 is 1.23 bits per heavy atom. The van der Waals surface area contributed by atoms with Crippen LogP contribution in [0.2, 0.25) is 0 Å². The molecule has 60 heavy (non-hydrogen) atoms. The summed E-state index contributed by atoms with van der Waals surface area (Å²) in [4.78, 5) is 0. The number of aliphatic hydroxyl groups is 16. The van der Waals surface area contributed by atoms with E-state index >= 15 is 0 Å². The maximum Gasteiger partial charge on any atom is 0.397 e. The van der Waals surface area contributed by atoms with Gasteiger partial charge in [0.05, 0.1) is 33.0 Å². The number of hydrogen-bond donors (Lipinski definition) is 17. The highest BCUT2D eigenvalue weighted by atomic mass is 32.3. The summed E-state index contributed by atoms with van der Waals surface area (Å²) >= 11 is 0. The molecule has 5 aliphatic rings. The highest BCUT2D eigenvalue weighted by Gasteiger charge is 2.59. The molecule has 0 amide bonds. The lowest BCUT2D eigenvalue weighted by Crippen LogP contribution is -2.64. The standard InChI is InChI=1S/C30H52O29S/c31-1-7-12(34)20(42)24(59-60(47,48)49)29(53-7)52-5-10-14(36)18(40)22(44)26(55-10)50-3-9-13(35)17(39)21(43)27(54-9)51-4-11-15(37)19(41)23(45)28(56-11)58-30(6-33)25(46)16(38)8(2-32)57-30/h7-29,31-46H,1-6H2,(H,47,48,49)/t7-,8-,9-,10-,11-,12+,13+,14+,15-,16-,17+,18+,19+,20+,21-,22-,23-,24-,25+,26+,27+,28-,29+,30+/m1/s1. The van der Waals surface area contributed by atoms with Crippen molar-refractivity contribution in [1.82, 2.24) is 0 Å². The van der Waals surface area contributed by atoms with Crippen LogP contribution in [0, 0.1) is 0 Å². The van der Waals surface area contributed by atoms with E-state index < -0.39 is 197 Å². The first-order valence-corrected chi connectivity index (χ1v) is 19.6. The van der Waals surface area contributed by atoms with Gasteiger partial charge in [-0.05, 0) is 0 Å². The van der Waals surface area contributed by atoms with E-state index in [4.69, 9.17) is 47.2 Å². The molecule has 352 valence electrons. The molecule has 0 aromatic rings. The van der Waals surface area contributed by atoms with Crippen molar-refractivity contribution in [3.8, 4) is 0 Å². The molecule has 30 heteroatoms. The fourth-order valence-corrected chi connectivity index (χ4v) is 7.49. The third-order valence-corrected chi connectivity index (χ3v) is 11.0. The molecule has 5 fully saturated rings. The van der Waals surface area contributed by atoms with Crippen molar-refractivity contribution in [3.63, 3.8) is 0 Å². The van der Waals surface area contributed by atoms with Gasteiger partial charge in [-0.2, -0.15) is 8.42 Å². The van der Waals surface area contributed by atoms with Gasteiger partial charge in [-0.25, -0.2) is 4.18 Å². The minimum absolute atomic E-state index is 0.830. The molecule has 29 nitrogen and oxygen atoms in total. The Morgan fingerprint density at radius 1 is 0.450 bits per heavy atom. The van der Waals surface area contributed by atoms with Crippen molar-refractivity contribution in [2.45, 2.75) is 147 Å². The number of hydrogen-bond acceptors (Lipinski definition) is 28. The average molecular weight is 909 g/mol. The lowest BCUT2D eigenvalue weighted by molar-refractivity contribution is -0.388. The van der Waals surface area contributed by atoms with Crippen LogP contribution in [0.5, 0.6) is 0 Å². The molecule has 0 aromatic heterocycles. The summed E-state index contributed by atoms with van der Waals surface area (Å²) in [7, 11) is -5.30. The van der Waals surface area contributed by atoms with Gasteiger partial charge in [-0.1, -0.05) is 0 Å². The van der Waals surface area contributed by atoms with Gasteiger partial charge in [0.25, 0.3) is 0 Å². The van der Waals surface area contributed by atoms with E-state index in [2.05, 4.69) is 4.18 Å². The molecule has 17 N–H and O–H groups in total. The number of rotatable bonds is 16. The van der Waals surface area contributed by atoms with Gasteiger partial charge in [0, 0.05) is 0 Å². The second-order valence-electron chi connectivity index (χ2n) is 14.6. The van der Waals surface area contributed by atoms with E-state index in [1.54, 1.807) is 0 Å². The van der Waals surface area contributed by atoms with Crippen LogP contribution in [0.15, 0.2) is 0 Å². The minimum atomic E-state index is -5.30. The Hall–Kier alpha value is -1.13. The third-order valence-electron chi connectivity index (χ3n) is 10.6. The minimum Gasteiger partial charge on any atom is -0.394 e. The quantitative estimate of drug-likeness (QED) is 0.0639. The zero-order valence-corrected chi connectivity index (χ0v) is 31.7. The second-order valence-corrected chi connectivity index (χ2v) is 15.6. The van der Waals surface area contributed by atoms with Crippen molar-refractivity contribution in [2.24, 2.45) is 0 Å². The van der Waals surface area contributed by atoms with Crippen LogP contribution >= 0.6 is 0 Å². The molecule has 0 unspecified atom stereocenters. The lowest BCUT2D eigenvalue weighted by atomic mass is 9.97. The van der Waals surface area contributed by atoms with E-state index in [-0.39, 0.29) is 0 Å².